The van der Waals surface area contributed by atoms with Crippen LogP contribution in [0.25, 0.3) is 0 Å². The SMILES string of the molecule is CNCC(C)(F)Cc1cccc(O)c1. The van der Waals surface area contributed by atoms with E-state index in [9.17, 15) is 9.50 Å². The van der Waals surface area contributed by atoms with Crippen molar-refractivity contribution in [1.29, 1.82) is 0 Å². The molecule has 2 N–H and O–H groups in total. The van der Waals surface area contributed by atoms with Gasteiger partial charge in [0.05, 0.1) is 0 Å². The van der Waals surface area contributed by atoms with Crippen LogP contribution in [0.3, 0.4) is 0 Å². The molecule has 0 spiro atoms. The maximum atomic E-state index is 13.8. The number of phenols is 1. The quantitative estimate of drug-likeness (QED) is 0.772. The first-order valence-corrected chi connectivity index (χ1v) is 4.65. The van der Waals surface area contributed by atoms with Gasteiger partial charge in [0.25, 0.3) is 0 Å². The van der Waals surface area contributed by atoms with Crippen LogP contribution in [0.2, 0.25) is 0 Å². The molecular weight excluding hydrogens is 181 g/mol. The molecule has 1 rings (SSSR count). The Kier molecular flexibility index (Phi) is 3.47. The summed E-state index contributed by atoms with van der Waals surface area (Å²) >= 11 is 0. The lowest BCUT2D eigenvalue weighted by molar-refractivity contribution is 0.188. The fourth-order valence-corrected chi connectivity index (χ4v) is 1.52. The van der Waals surface area contributed by atoms with Gasteiger partial charge in [0.2, 0.25) is 0 Å². The molecule has 1 atom stereocenters. The Bertz CT molecular complexity index is 299. The molecule has 0 aliphatic heterocycles. The number of rotatable bonds is 4. The number of benzene rings is 1. The van der Waals surface area contributed by atoms with Crippen molar-refractivity contribution in [3.63, 3.8) is 0 Å². The van der Waals surface area contributed by atoms with Crippen molar-refractivity contribution in [3.8, 4) is 5.75 Å². The van der Waals surface area contributed by atoms with Crippen LogP contribution in [0, 0.1) is 0 Å². The number of halogens is 1. The molecule has 1 unspecified atom stereocenters. The molecular formula is C11H16FNO. The van der Waals surface area contributed by atoms with Gasteiger partial charge in [-0.1, -0.05) is 12.1 Å². The van der Waals surface area contributed by atoms with Crippen LogP contribution in [0.5, 0.6) is 5.75 Å². The molecule has 0 aliphatic rings. The maximum Gasteiger partial charge on any atom is 0.124 e. The van der Waals surface area contributed by atoms with Crippen LogP contribution in [0.1, 0.15) is 12.5 Å². The van der Waals surface area contributed by atoms with Crippen LogP contribution in [-0.4, -0.2) is 24.4 Å². The second-order valence-corrected chi connectivity index (χ2v) is 3.79. The third kappa shape index (κ3) is 3.34. The molecule has 0 aromatic heterocycles. The summed E-state index contributed by atoms with van der Waals surface area (Å²) in [5.74, 6) is 0.183. The lowest BCUT2D eigenvalue weighted by Gasteiger charge is -2.19. The zero-order chi connectivity index (χ0) is 10.6. The van der Waals surface area contributed by atoms with Gasteiger partial charge in [0, 0.05) is 13.0 Å². The van der Waals surface area contributed by atoms with Gasteiger partial charge in [-0.25, -0.2) is 4.39 Å². The van der Waals surface area contributed by atoms with Crippen molar-refractivity contribution in [2.24, 2.45) is 0 Å². The van der Waals surface area contributed by atoms with Crippen molar-refractivity contribution in [2.75, 3.05) is 13.6 Å². The van der Waals surface area contributed by atoms with Gasteiger partial charge in [-0.05, 0) is 31.7 Å². The number of alkyl halides is 1. The van der Waals surface area contributed by atoms with Crippen molar-refractivity contribution < 1.29 is 9.50 Å². The van der Waals surface area contributed by atoms with E-state index >= 15 is 0 Å². The van der Waals surface area contributed by atoms with Gasteiger partial charge in [0.1, 0.15) is 11.4 Å². The highest BCUT2D eigenvalue weighted by atomic mass is 19.1. The van der Waals surface area contributed by atoms with Gasteiger partial charge >= 0.3 is 0 Å². The largest absolute Gasteiger partial charge is 0.508 e. The molecule has 78 valence electrons. The summed E-state index contributed by atoms with van der Waals surface area (Å²) in [7, 11) is 1.72. The lowest BCUT2D eigenvalue weighted by Crippen LogP contribution is -2.33. The van der Waals surface area contributed by atoms with Crippen molar-refractivity contribution in [3.05, 3.63) is 29.8 Å². The first kappa shape index (κ1) is 11.0. The number of hydrogen-bond acceptors (Lipinski definition) is 2. The van der Waals surface area contributed by atoms with Gasteiger partial charge in [-0.3, -0.25) is 0 Å². The summed E-state index contributed by atoms with van der Waals surface area (Å²) in [4.78, 5) is 0. The van der Waals surface area contributed by atoms with E-state index in [2.05, 4.69) is 5.32 Å². The van der Waals surface area contributed by atoms with Crippen molar-refractivity contribution >= 4 is 0 Å². The Morgan fingerprint density at radius 3 is 2.79 bits per heavy atom. The van der Waals surface area contributed by atoms with E-state index in [4.69, 9.17) is 0 Å². The summed E-state index contributed by atoms with van der Waals surface area (Å²) < 4.78 is 13.8. The van der Waals surface area contributed by atoms with Crippen LogP contribution < -0.4 is 5.32 Å². The summed E-state index contributed by atoms with van der Waals surface area (Å²) in [6.07, 6.45) is 0.308. The molecule has 0 bridgehead atoms. The predicted molar refractivity (Wildman–Crippen MR) is 55.3 cm³/mol. The Morgan fingerprint density at radius 2 is 2.21 bits per heavy atom. The molecule has 2 nitrogen and oxygen atoms in total. The van der Waals surface area contributed by atoms with Crippen molar-refractivity contribution in [1.82, 2.24) is 5.32 Å². The monoisotopic (exact) mass is 197 g/mol. The minimum atomic E-state index is -1.28. The molecule has 14 heavy (non-hydrogen) atoms. The molecule has 0 radical (unpaired) electrons. The van der Waals surface area contributed by atoms with Gasteiger partial charge in [0.15, 0.2) is 0 Å². The van der Waals surface area contributed by atoms with Crippen LogP contribution in [-0.2, 0) is 6.42 Å². The average molecular weight is 197 g/mol. The normalized spacial score (nSPS) is 15.1. The Morgan fingerprint density at radius 1 is 1.50 bits per heavy atom. The molecule has 0 heterocycles. The van der Waals surface area contributed by atoms with Gasteiger partial charge < -0.3 is 10.4 Å². The minimum absolute atomic E-state index is 0.183. The molecule has 1 aromatic carbocycles. The highest BCUT2D eigenvalue weighted by molar-refractivity contribution is 5.28. The van der Waals surface area contributed by atoms with Crippen LogP contribution in [0.4, 0.5) is 4.39 Å². The number of hydrogen-bond donors (Lipinski definition) is 2. The third-order valence-corrected chi connectivity index (χ3v) is 2.03. The highest BCUT2D eigenvalue weighted by Gasteiger charge is 2.22. The third-order valence-electron chi connectivity index (χ3n) is 2.03. The van der Waals surface area contributed by atoms with Gasteiger partial charge in [-0.15, -0.1) is 0 Å². The number of aromatic hydroxyl groups is 1. The molecule has 0 saturated heterocycles. The van der Waals surface area contributed by atoms with Gasteiger partial charge in [-0.2, -0.15) is 0 Å². The van der Waals surface area contributed by atoms with E-state index in [1.54, 1.807) is 32.2 Å². The van der Waals surface area contributed by atoms with Crippen molar-refractivity contribution in [2.45, 2.75) is 19.0 Å². The Labute approximate surface area is 83.8 Å². The molecule has 1 aromatic rings. The summed E-state index contributed by atoms with van der Waals surface area (Å²) in [5, 5.41) is 12.0. The zero-order valence-electron chi connectivity index (χ0n) is 8.55. The summed E-state index contributed by atoms with van der Waals surface area (Å²) in [6, 6.07) is 6.71. The van der Waals surface area contributed by atoms with Crippen LogP contribution >= 0.6 is 0 Å². The predicted octanol–water partition coefficient (Wildman–Crippen LogP) is 1.88. The molecule has 3 heteroatoms. The maximum absolute atomic E-state index is 13.8. The first-order valence-electron chi connectivity index (χ1n) is 4.65. The second-order valence-electron chi connectivity index (χ2n) is 3.79. The topological polar surface area (TPSA) is 32.3 Å². The van der Waals surface area contributed by atoms with E-state index in [0.717, 1.165) is 5.56 Å². The van der Waals surface area contributed by atoms with E-state index in [1.807, 2.05) is 6.07 Å². The van der Waals surface area contributed by atoms with E-state index in [-0.39, 0.29) is 5.75 Å². The summed E-state index contributed by atoms with van der Waals surface area (Å²) in [6.45, 7) is 1.86. The smallest absolute Gasteiger partial charge is 0.124 e. The lowest BCUT2D eigenvalue weighted by atomic mass is 9.98. The average Bonchev–Trinajstić information content (AvgIpc) is 2.02. The number of nitrogens with one attached hydrogen (secondary N) is 1. The number of phenolic OH excluding ortho intramolecular Hbond substituents is 1. The summed E-state index contributed by atoms with van der Waals surface area (Å²) in [5.41, 5.74) is -0.465. The highest BCUT2D eigenvalue weighted by Crippen LogP contribution is 2.19. The molecule has 0 amide bonds. The van der Waals surface area contributed by atoms with E-state index in [1.165, 1.54) is 0 Å². The fourth-order valence-electron chi connectivity index (χ4n) is 1.52. The second kappa shape index (κ2) is 4.42. The molecule has 0 fully saturated rings. The van der Waals surface area contributed by atoms with Crippen LogP contribution in [0.15, 0.2) is 24.3 Å². The first-order chi connectivity index (χ1) is 6.53. The molecule has 0 saturated carbocycles. The molecule has 0 aliphatic carbocycles. The fraction of sp³-hybridized carbons (Fsp3) is 0.455. The minimum Gasteiger partial charge on any atom is -0.508 e. The van der Waals surface area contributed by atoms with E-state index in [0.29, 0.717) is 13.0 Å². The van der Waals surface area contributed by atoms with E-state index < -0.39 is 5.67 Å². The Hall–Kier alpha value is -1.09. The zero-order valence-corrected chi connectivity index (χ0v) is 8.55. The standard InChI is InChI=1S/C11H16FNO/c1-11(12,8-13-2)7-9-4-3-5-10(14)6-9/h3-6,13-14H,7-8H2,1-2H3. The Balaban J connectivity index is 2.68.